The van der Waals surface area contributed by atoms with Gasteiger partial charge in [-0.2, -0.15) is 15.0 Å². The lowest BCUT2D eigenvalue weighted by Gasteiger charge is -2.19. The van der Waals surface area contributed by atoms with E-state index in [-0.39, 0.29) is 5.28 Å². The Balaban J connectivity index is 2.61. The average molecular weight is 304 g/mol. The average Bonchev–Trinajstić information content (AvgIpc) is 2.40. The molecule has 0 aliphatic carbocycles. The van der Waals surface area contributed by atoms with Crippen LogP contribution in [0, 0.1) is 0 Å². The highest BCUT2D eigenvalue weighted by molar-refractivity contribution is 6.28. The van der Waals surface area contributed by atoms with E-state index in [1.807, 2.05) is 18.7 Å². The maximum Gasteiger partial charge on any atom is 0.231 e. The van der Waals surface area contributed by atoms with E-state index < -0.39 is 6.10 Å². The Morgan fingerprint density at radius 3 is 2.60 bits per heavy atom. The fourth-order valence-corrected chi connectivity index (χ4v) is 1.85. The molecular formula is C12H22ClN5O2. The van der Waals surface area contributed by atoms with Crippen molar-refractivity contribution in [2.75, 3.05) is 43.6 Å². The predicted octanol–water partition coefficient (Wildman–Crippen LogP) is 1.18. The molecule has 0 fully saturated rings. The molecule has 0 aliphatic rings. The number of methoxy groups -OCH3 is 1. The number of aliphatic hydroxyl groups is 1. The minimum Gasteiger partial charge on any atom is -0.391 e. The quantitative estimate of drug-likeness (QED) is 0.708. The normalized spacial score (nSPS) is 12.2. The zero-order valence-corrected chi connectivity index (χ0v) is 12.9. The molecule has 1 unspecified atom stereocenters. The van der Waals surface area contributed by atoms with Crippen LogP contribution in [0.5, 0.6) is 0 Å². The molecule has 7 nitrogen and oxygen atoms in total. The second-order valence-electron chi connectivity index (χ2n) is 4.22. The molecule has 0 radical (unpaired) electrons. The summed E-state index contributed by atoms with van der Waals surface area (Å²) in [6.07, 6.45) is 0.0321. The first-order valence-electron chi connectivity index (χ1n) is 6.68. The van der Waals surface area contributed by atoms with Crippen molar-refractivity contribution < 1.29 is 9.84 Å². The van der Waals surface area contributed by atoms with Crippen LogP contribution in [0.4, 0.5) is 11.9 Å². The van der Waals surface area contributed by atoms with Crippen molar-refractivity contribution in [3.05, 3.63) is 5.28 Å². The molecule has 20 heavy (non-hydrogen) atoms. The Morgan fingerprint density at radius 2 is 2.00 bits per heavy atom. The van der Waals surface area contributed by atoms with E-state index >= 15 is 0 Å². The van der Waals surface area contributed by atoms with Gasteiger partial charge in [-0.05, 0) is 31.9 Å². The van der Waals surface area contributed by atoms with Crippen LogP contribution in [0.15, 0.2) is 0 Å². The Hall–Kier alpha value is -1.18. The Morgan fingerprint density at radius 1 is 1.30 bits per heavy atom. The van der Waals surface area contributed by atoms with Gasteiger partial charge in [-0.1, -0.05) is 0 Å². The van der Waals surface area contributed by atoms with Crippen LogP contribution in [0.2, 0.25) is 5.28 Å². The van der Waals surface area contributed by atoms with E-state index in [4.69, 9.17) is 16.3 Å². The van der Waals surface area contributed by atoms with E-state index in [0.717, 1.165) is 13.1 Å². The minimum atomic E-state index is -0.507. The number of aliphatic hydroxyl groups excluding tert-OH is 1. The number of aromatic nitrogens is 3. The van der Waals surface area contributed by atoms with Gasteiger partial charge in [-0.25, -0.2) is 0 Å². The van der Waals surface area contributed by atoms with Crippen LogP contribution in [0.25, 0.3) is 0 Å². The number of hydrogen-bond donors (Lipinski definition) is 2. The Labute approximate surface area is 124 Å². The highest BCUT2D eigenvalue weighted by Crippen LogP contribution is 2.13. The molecule has 0 aliphatic heterocycles. The third kappa shape index (κ3) is 5.44. The number of nitrogens with zero attached hydrogens (tertiary/aromatic N) is 4. The standard InChI is InChI=1S/C12H22ClN5O2/c1-4-18(5-2)12-16-10(13)15-11(17-12)14-7-6-9(19)8-20-3/h9,19H,4-8H2,1-3H3,(H,14,15,16,17). The number of rotatable bonds is 9. The molecule has 0 saturated carbocycles. The second kappa shape index (κ2) is 8.89. The van der Waals surface area contributed by atoms with Gasteiger partial charge in [-0.3, -0.25) is 0 Å². The summed E-state index contributed by atoms with van der Waals surface area (Å²) in [4.78, 5) is 14.4. The summed E-state index contributed by atoms with van der Waals surface area (Å²) in [5.41, 5.74) is 0. The number of hydrogen-bond acceptors (Lipinski definition) is 7. The van der Waals surface area contributed by atoms with Crippen molar-refractivity contribution >= 4 is 23.5 Å². The third-order valence-corrected chi connectivity index (χ3v) is 2.93. The van der Waals surface area contributed by atoms with Gasteiger partial charge < -0.3 is 20.1 Å². The Bertz CT molecular complexity index is 403. The molecular weight excluding hydrogens is 282 g/mol. The summed E-state index contributed by atoms with van der Waals surface area (Å²) >= 11 is 5.90. The minimum absolute atomic E-state index is 0.154. The summed E-state index contributed by atoms with van der Waals surface area (Å²) < 4.78 is 4.86. The summed E-state index contributed by atoms with van der Waals surface area (Å²) in [6.45, 7) is 6.48. The second-order valence-corrected chi connectivity index (χ2v) is 4.56. The van der Waals surface area contributed by atoms with Crippen molar-refractivity contribution in [2.24, 2.45) is 0 Å². The zero-order valence-electron chi connectivity index (χ0n) is 12.1. The first-order valence-corrected chi connectivity index (χ1v) is 7.05. The van der Waals surface area contributed by atoms with E-state index in [0.29, 0.717) is 31.5 Å². The maximum absolute atomic E-state index is 9.55. The maximum atomic E-state index is 9.55. The molecule has 1 heterocycles. The molecule has 1 atom stereocenters. The topological polar surface area (TPSA) is 83.4 Å². The van der Waals surface area contributed by atoms with Gasteiger partial charge >= 0.3 is 0 Å². The van der Waals surface area contributed by atoms with E-state index in [1.165, 1.54) is 0 Å². The largest absolute Gasteiger partial charge is 0.391 e. The lowest BCUT2D eigenvalue weighted by atomic mass is 10.3. The van der Waals surface area contributed by atoms with Gasteiger partial charge in [-0.15, -0.1) is 0 Å². The van der Waals surface area contributed by atoms with Crippen molar-refractivity contribution in [2.45, 2.75) is 26.4 Å². The highest BCUT2D eigenvalue weighted by Gasteiger charge is 2.10. The predicted molar refractivity (Wildman–Crippen MR) is 79.4 cm³/mol. The molecule has 1 aromatic heterocycles. The van der Waals surface area contributed by atoms with Crippen LogP contribution < -0.4 is 10.2 Å². The summed E-state index contributed by atoms with van der Waals surface area (Å²) in [5.74, 6) is 0.964. The summed E-state index contributed by atoms with van der Waals surface area (Å²) in [6, 6.07) is 0. The van der Waals surface area contributed by atoms with Gasteiger partial charge in [0.15, 0.2) is 0 Å². The highest BCUT2D eigenvalue weighted by atomic mass is 35.5. The van der Waals surface area contributed by atoms with Crippen LogP contribution in [0.3, 0.4) is 0 Å². The molecule has 0 bridgehead atoms. The molecule has 0 aromatic carbocycles. The van der Waals surface area contributed by atoms with Gasteiger partial charge in [0.05, 0.1) is 12.7 Å². The number of nitrogens with one attached hydrogen (secondary N) is 1. The first-order chi connectivity index (χ1) is 9.60. The van der Waals surface area contributed by atoms with Crippen molar-refractivity contribution in [1.82, 2.24) is 15.0 Å². The molecule has 0 saturated heterocycles. The monoisotopic (exact) mass is 303 g/mol. The van der Waals surface area contributed by atoms with Crippen LogP contribution in [-0.4, -0.2) is 59.5 Å². The fraction of sp³-hybridized carbons (Fsp3) is 0.750. The lowest BCUT2D eigenvalue weighted by Crippen LogP contribution is -2.25. The molecule has 1 aromatic rings. The van der Waals surface area contributed by atoms with Gasteiger partial charge in [0.1, 0.15) is 0 Å². The van der Waals surface area contributed by atoms with E-state index in [2.05, 4.69) is 20.3 Å². The fourth-order valence-electron chi connectivity index (χ4n) is 1.69. The van der Waals surface area contributed by atoms with Gasteiger partial charge in [0, 0.05) is 26.7 Å². The Kier molecular flexibility index (Phi) is 7.50. The number of anilines is 2. The summed E-state index contributed by atoms with van der Waals surface area (Å²) in [7, 11) is 1.55. The molecule has 8 heteroatoms. The number of halogens is 1. The van der Waals surface area contributed by atoms with Crippen LogP contribution in [0.1, 0.15) is 20.3 Å². The van der Waals surface area contributed by atoms with Gasteiger partial charge in [0.2, 0.25) is 17.2 Å². The smallest absolute Gasteiger partial charge is 0.231 e. The van der Waals surface area contributed by atoms with Gasteiger partial charge in [0.25, 0.3) is 0 Å². The van der Waals surface area contributed by atoms with Crippen molar-refractivity contribution in [1.29, 1.82) is 0 Å². The SMILES string of the molecule is CCN(CC)c1nc(Cl)nc(NCCC(O)COC)n1. The first kappa shape index (κ1) is 16.9. The van der Waals surface area contributed by atoms with Crippen LogP contribution >= 0.6 is 11.6 Å². The lowest BCUT2D eigenvalue weighted by molar-refractivity contribution is 0.0615. The molecule has 0 spiro atoms. The molecule has 1 rings (SSSR count). The van der Waals surface area contributed by atoms with E-state index in [1.54, 1.807) is 7.11 Å². The summed E-state index contributed by atoms with van der Waals surface area (Å²) in [5, 5.41) is 12.7. The number of ether oxygens (including phenoxy) is 1. The van der Waals surface area contributed by atoms with Crippen molar-refractivity contribution in [3.63, 3.8) is 0 Å². The third-order valence-electron chi connectivity index (χ3n) is 2.76. The van der Waals surface area contributed by atoms with E-state index in [9.17, 15) is 5.11 Å². The molecule has 114 valence electrons. The van der Waals surface area contributed by atoms with Crippen molar-refractivity contribution in [3.8, 4) is 0 Å². The molecule has 0 amide bonds. The van der Waals surface area contributed by atoms with Crippen LogP contribution in [-0.2, 0) is 4.74 Å². The molecule has 2 N–H and O–H groups in total. The zero-order chi connectivity index (χ0) is 15.0.